The van der Waals surface area contributed by atoms with E-state index in [0.717, 1.165) is 19.0 Å². The van der Waals surface area contributed by atoms with Gasteiger partial charge in [-0.15, -0.1) is 11.3 Å². The topological polar surface area (TPSA) is 12.0 Å². The first-order valence-corrected chi connectivity index (χ1v) is 8.01. The van der Waals surface area contributed by atoms with E-state index in [-0.39, 0.29) is 0 Å². The summed E-state index contributed by atoms with van der Waals surface area (Å²) >= 11 is 5.29. The van der Waals surface area contributed by atoms with E-state index in [1.807, 2.05) is 0 Å². The van der Waals surface area contributed by atoms with E-state index >= 15 is 0 Å². The Balaban J connectivity index is 1.59. The molecule has 2 aromatic rings. The minimum atomic E-state index is 0.832. The third kappa shape index (κ3) is 3.02. The average molecular weight is 322 g/mol. The number of hydrogen-bond acceptors (Lipinski definition) is 2. The van der Waals surface area contributed by atoms with E-state index in [0.29, 0.717) is 0 Å². The van der Waals surface area contributed by atoms with Crippen molar-refractivity contribution in [3.05, 3.63) is 56.2 Å². The zero-order valence-electron chi connectivity index (χ0n) is 10.2. The van der Waals surface area contributed by atoms with Gasteiger partial charge in [0.05, 0.1) is 0 Å². The molecule has 0 saturated heterocycles. The van der Waals surface area contributed by atoms with Crippen LogP contribution in [0.1, 0.15) is 34.8 Å². The molecule has 1 aliphatic carbocycles. The second kappa shape index (κ2) is 5.55. The Hall–Kier alpha value is -0.640. The van der Waals surface area contributed by atoms with Crippen molar-refractivity contribution >= 4 is 27.3 Å². The van der Waals surface area contributed by atoms with Crippen molar-refractivity contribution in [3.8, 4) is 0 Å². The maximum atomic E-state index is 3.54. The van der Waals surface area contributed by atoms with Gasteiger partial charge in [-0.1, -0.05) is 24.3 Å². The third-order valence-electron chi connectivity index (χ3n) is 3.31. The molecule has 3 heteroatoms. The predicted octanol–water partition coefficient (Wildman–Crippen LogP) is 4.68. The van der Waals surface area contributed by atoms with E-state index in [4.69, 9.17) is 0 Å². The maximum absolute atomic E-state index is 3.54. The summed E-state index contributed by atoms with van der Waals surface area (Å²) < 4.78 is 1.18. The molecule has 94 valence electrons. The molecule has 18 heavy (non-hydrogen) atoms. The fourth-order valence-electron chi connectivity index (χ4n) is 2.25. The van der Waals surface area contributed by atoms with Crippen molar-refractivity contribution in [1.82, 2.24) is 5.32 Å². The molecule has 0 unspecified atom stereocenters. The molecule has 1 aliphatic rings. The molecule has 0 aliphatic heterocycles. The van der Waals surface area contributed by atoms with Crippen molar-refractivity contribution in [2.45, 2.75) is 31.8 Å². The summed E-state index contributed by atoms with van der Waals surface area (Å²) in [5.74, 6) is 0.832. The monoisotopic (exact) mass is 321 g/mol. The van der Waals surface area contributed by atoms with Crippen molar-refractivity contribution in [2.24, 2.45) is 0 Å². The molecule has 0 spiro atoms. The Morgan fingerprint density at radius 1 is 1.22 bits per heavy atom. The standard InChI is InChI=1S/C15H16BrNS/c16-13-7-14(18-10-13)9-17-8-12-3-1-2-4-15(12)11-5-6-11/h1-4,7,10-11,17H,5-6,8-9H2. The second-order valence-electron chi connectivity index (χ2n) is 4.81. The molecule has 1 fully saturated rings. The van der Waals surface area contributed by atoms with Crippen LogP contribution >= 0.6 is 27.3 Å². The fourth-order valence-corrected chi connectivity index (χ4v) is 3.68. The van der Waals surface area contributed by atoms with Crippen LogP contribution in [0.4, 0.5) is 0 Å². The smallest absolute Gasteiger partial charge is 0.0303 e. The minimum absolute atomic E-state index is 0.832. The largest absolute Gasteiger partial charge is 0.308 e. The number of nitrogens with one attached hydrogen (secondary N) is 1. The van der Waals surface area contributed by atoms with Crippen molar-refractivity contribution in [1.29, 1.82) is 0 Å². The summed E-state index contributed by atoms with van der Waals surface area (Å²) in [5.41, 5.74) is 3.02. The zero-order valence-corrected chi connectivity index (χ0v) is 12.6. The van der Waals surface area contributed by atoms with Crippen LogP contribution in [-0.2, 0) is 13.1 Å². The fraction of sp³-hybridized carbons (Fsp3) is 0.333. The lowest BCUT2D eigenvalue weighted by Crippen LogP contribution is -2.13. The molecule has 1 aromatic carbocycles. The van der Waals surface area contributed by atoms with Gasteiger partial charge in [0.1, 0.15) is 0 Å². The van der Waals surface area contributed by atoms with Crippen LogP contribution in [0, 0.1) is 0 Å². The summed E-state index contributed by atoms with van der Waals surface area (Å²) in [5, 5.41) is 5.68. The number of rotatable bonds is 5. The number of benzene rings is 1. The van der Waals surface area contributed by atoms with Crippen molar-refractivity contribution < 1.29 is 0 Å². The maximum Gasteiger partial charge on any atom is 0.0303 e. The van der Waals surface area contributed by atoms with E-state index in [1.165, 1.54) is 27.8 Å². The first kappa shape index (κ1) is 12.4. The number of hydrogen-bond donors (Lipinski definition) is 1. The Bertz CT molecular complexity index is 531. The number of halogens is 1. The summed E-state index contributed by atoms with van der Waals surface area (Å²) in [6, 6.07) is 11.0. The Kier molecular flexibility index (Phi) is 3.83. The zero-order chi connectivity index (χ0) is 12.4. The quantitative estimate of drug-likeness (QED) is 0.843. The third-order valence-corrected chi connectivity index (χ3v) is 5.01. The molecule has 0 bridgehead atoms. The Morgan fingerprint density at radius 2 is 2.06 bits per heavy atom. The first-order valence-electron chi connectivity index (χ1n) is 6.34. The van der Waals surface area contributed by atoms with Gasteiger partial charge in [-0.25, -0.2) is 0 Å². The highest BCUT2D eigenvalue weighted by molar-refractivity contribution is 9.10. The minimum Gasteiger partial charge on any atom is -0.308 e. The van der Waals surface area contributed by atoms with Gasteiger partial charge in [-0.05, 0) is 51.9 Å². The molecule has 0 atom stereocenters. The Morgan fingerprint density at radius 3 is 2.78 bits per heavy atom. The lowest BCUT2D eigenvalue weighted by Gasteiger charge is -2.09. The summed E-state index contributed by atoms with van der Waals surface area (Å²) in [7, 11) is 0. The lowest BCUT2D eigenvalue weighted by molar-refractivity contribution is 0.695. The molecular weight excluding hydrogens is 306 g/mol. The first-order chi connectivity index (χ1) is 8.83. The van der Waals surface area contributed by atoms with Gasteiger partial charge >= 0.3 is 0 Å². The number of thiophene rings is 1. The molecule has 1 aromatic heterocycles. The van der Waals surface area contributed by atoms with Gasteiger partial charge in [0.25, 0.3) is 0 Å². The van der Waals surface area contributed by atoms with E-state index in [2.05, 4.69) is 57.0 Å². The highest BCUT2D eigenvalue weighted by Gasteiger charge is 2.25. The molecule has 1 saturated carbocycles. The van der Waals surface area contributed by atoms with Crippen LogP contribution in [0.2, 0.25) is 0 Å². The van der Waals surface area contributed by atoms with Crippen LogP contribution in [0.3, 0.4) is 0 Å². The predicted molar refractivity (Wildman–Crippen MR) is 81.0 cm³/mol. The molecule has 1 nitrogen and oxygen atoms in total. The van der Waals surface area contributed by atoms with E-state index in [1.54, 1.807) is 16.9 Å². The van der Waals surface area contributed by atoms with Gasteiger partial charge in [-0.3, -0.25) is 0 Å². The van der Waals surface area contributed by atoms with Gasteiger partial charge in [0.15, 0.2) is 0 Å². The molecule has 0 amide bonds. The molecule has 3 rings (SSSR count). The van der Waals surface area contributed by atoms with Crippen LogP contribution in [0.25, 0.3) is 0 Å². The van der Waals surface area contributed by atoms with Crippen LogP contribution in [0.5, 0.6) is 0 Å². The van der Waals surface area contributed by atoms with Gasteiger partial charge in [0.2, 0.25) is 0 Å². The molecule has 1 heterocycles. The van der Waals surface area contributed by atoms with Crippen molar-refractivity contribution in [2.75, 3.05) is 0 Å². The van der Waals surface area contributed by atoms with Crippen LogP contribution < -0.4 is 5.32 Å². The SMILES string of the molecule is Brc1csc(CNCc2ccccc2C2CC2)c1. The average Bonchev–Trinajstić information content (AvgIpc) is 3.14. The van der Waals surface area contributed by atoms with Crippen molar-refractivity contribution in [3.63, 3.8) is 0 Å². The lowest BCUT2D eigenvalue weighted by atomic mass is 10.0. The summed E-state index contributed by atoms with van der Waals surface area (Å²) in [6.45, 7) is 1.93. The van der Waals surface area contributed by atoms with Gasteiger partial charge < -0.3 is 5.32 Å². The van der Waals surface area contributed by atoms with Gasteiger partial charge in [0, 0.05) is 27.8 Å². The van der Waals surface area contributed by atoms with E-state index in [9.17, 15) is 0 Å². The molecular formula is C15H16BrNS. The molecule has 0 radical (unpaired) electrons. The normalized spacial score (nSPS) is 14.9. The highest BCUT2D eigenvalue weighted by atomic mass is 79.9. The second-order valence-corrected chi connectivity index (χ2v) is 6.72. The van der Waals surface area contributed by atoms with Gasteiger partial charge in [-0.2, -0.15) is 0 Å². The van der Waals surface area contributed by atoms with Crippen LogP contribution in [0.15, 0.2) is 40.2 Å². The Labute approximate surface area is 120 Å². The molecule has 1 N–H and O–H groups in total. The summed E-state index contributed by atoms with van der Waals surface area (Å²) in [6.07, 6.45) is 2.74. The summed E-state index contributed by atoms with van der Waals surface area (Å²) in [4.78, 5) is 1.38. The van der Waals surface area contributed by atoms with E-state index < -0.39 is 0 Å². The van der Waals surface area contributed by atoms with Crippen LogP contribution in [-0.4, -0.2) is 0 Å². The highest BCUT2D eigenvalue weighted by Crippen LogP contribution is 2.41.